The number of benzene rings is 1. The molecule has 2 N–H and O–H groups in total. The summed E-state index contributed by atoms with van der Waals surface area (Å²) in [7, 11) is 0. The minimum Gasteiger partial charge on any atom is -0.478 e. The highest BCUT2D eigenvalue weighted by molar-refractivity contribution is 6.02. The predicted molar refractivity (Wildman–Crippen MR) is 53.7 cm³/mol. The quantitative estimate of drug-likeness (QED) is 0.440. The molecule has 0 spiro atoms. The largest absolute Gasteiger partial charge is 0.478 e. The summed E-state index contributed by atoms with van der Waals surface area (Å²) in [6.45, 7) is 0. The van der Waals surface area contributed by atoms with Crippen LogP contribution < -0.4 is 0 Å². The number of carbonyl (C=O) groups is 2. The molecule has 1 aromatic carbocycles. The molecule has 0 saturated heterocycles. The van der Waals surface area contributed by atoms with Gasteiger partial charge in [0.15, 0.2) is 0 Å². The highest BCUT2D eigenvalue weighted by Gasteiger charge is 2.18. The van der Waals surface area contributed by atoms with Gasteiger partial charge in [0, 0.05) is 0 Å². The van der Waals surface area contributed by atoms with Crippen LogP contribution in [0.15, 0.2) is 24.3 Å². The van der Waals surface area contributed by atoms with E-state index in [1.165, 1.54) is 24.3 Å². The van der Waals surface area contributed by atoms with E-state index < -0.39 is 18.2 Å². The first-order chi connectivity index (χ1) is 7.56. The van der Waals surface area contributed by atoms with Crippen molar-refractivity contribution >= 4 is 11.9 Å². The van der Waals surface area contributed by atoms with Gasteiger partial charge in [0.2, 0.25) is 0 Å². The molecule has 1 rings (SSSR count). The lowest BCUT2D eigenvalue weighted by atomic mass is 10.1. The van der Waals surface area contributed by atoms with E-state index in [1.807, 2.05) is 0 Å². The minimum atomic E-state index is -1.69. The lowest BCUT2D eigenvalue weighted by Gasteiger charge is -2.07. The first-order valence-corrected chi connectivity index (χ1v) is 4.23. The summed E-state index contributed by atoms with van der Waals surface area (Å²) >= 11 is 0. The smallest absolute Gasteiger partial charge is 0.342 e. The van der Waals surface area contributed by atoms with Crippen molar-refractivity contribution in [3.8, 4) is 12.3 Å². The number of hydrogen-bond donors (Lipinski definition) is 2. The molecule has 0 heterocycles. The van der Waals surface area contributed by atoms with Gasteiger partial charge in [-0.25, -0.2) is 9.59 Å². The number of ether oxygens (including phenoxy) is 1. The highest BCUT2D eigenvalue weighted by Crippen LogP contribution is 2.10. The molecule has 1 aromatic rings. The Bertz CT molecular complexity index is 458. The van der Waals surface area contributed by atoms with Crippen LogP contribution in [0.5, 0.6) is 0 Å². The van der Waals surface area contributed by atoms with Crippen LogP contribution in [0.4, 0.5) is 0 Å². The summed E-state index contributed by atoms with van der Waals surface area (Å²) in [5.74, 6) is -0.465. The summed E-state index contributed by atoms with van der Waals surface area (Å²) in [6.07, 6.45) is 3.12. The fraction of sp³-hybridized carbons (Fsp3) is 0.0909. The van der Waals surface area contributed by atoms with Crippen molar-refractivity contribution in [2.75, 3.05) is 0 Å². The maximum Gasteiger partial charge on any atom is 0.342 e. The molecule has 0 saturated carbocycles. The molecule has 0 aliphatic rings. The summed E-state index contributed by atoms with van der Waals surface area (Å²) < 4.78 is 4.39. The topological polar surface area (TPSA) is 83.8 Å². The Hall–Kier alpha value is -2.32. The van der Waals surface area contributed by atoms with Gasteiger partial charge in [-0.1, -0.05) is 12.1 Å². The zero-order valence-corrected chi connectivity index (χ0v) is 8.08. The molecule has 0 aliphatic heterocycles. The summed E-state index contributed by atoms with van der Waals surface area (Å²) in [4.78, 5) is 22.2. The second kappa shape index (κ2) is 4.96. The average molecular weight is 220 g/mol. The van der Waals surface area contributed by atoms with Crippen LogP contribution in [0.2, 0.25) is 0 Å². The Morgan fingerprint density at radius 3 is 2.38 bits per heavy atom. The number of esters is 1. The monoisotopic (exact) mass is 220 g/mol. The molecule has 0 fully saturated rings. The van der Waals surface area contributed by atoms with Gasteiger partial charge < -0.3 is 14.9 Å². The van der Waals surface area contributed by atoms with Crippen LogP contribution in [0.25, 0.3) is 0 Å². The number of aromatic carboxylic acids is 1. The van der Waals surface area contributed by atoms with E-state index in [4.69, 9.17) is 16.6 Å². The SMILES string of the molecule is C#C[C@@H](O)OC(=O)c1ccccc1C(=O)O. The lowest BCUT2D eigenvalue weighted by Crippen LogP contribution is -2.18. The van der Waals surface area contributed by atoms with Crippen molar-refractivity contribution in [1.82, 2.24) is 0 Å². The Labute approximate surface area is 91.3 Å². The molecule has 82 valence electrons. The fourth-order valence-corrected chi connectivity index (χ4v) is 1.05. The molecule has 0 unspecified atom stereocenters. The third-order valence-corrected chi connectivity index (χ3v) is 1.74. The van der Waals surface area contributed by atoms with Crippen molar-refractivity contribution in [3.05, 3.63) is 35.4 Å². The number of aliphatic hydroxyl groups is 1. The van der Waals surface area contributed by atoms with Crippen molar-refractivity contribution < 1.29 is 24.5 Å². The molecule has 0 amide bonds. The molecular formula is C11H8O5. The van der Waals surface area contributed by atoms with Gasteiger partial charge >= 0.3 is 11.9 Å². The van der Waals surface area contributed by atoms with E-state index in [2.05, 4.69) is 4.74 Å². The average Bonchev–Trinajstić information content (AvgIpc) is 2.28. The molecule has 0 radical (unpaired) electrons. The van der Waals surface area contributed by atoms with Gasteiger partial charge in [0.25, 0.3) is 6.29 Å². The number of hydrogen-bond acceptors (Lipinski definition) is 4. The van der Waals surface area contributed by atoms with Gasteiger partial charge in [0.1, 0.15) is 0 Å². The van der Waals surface area contributed by atoms with Crippen LogP contribution in [0, 0.1) is 12.3 Å². The Morgan fingerprint density at radius 1 is 1.31 bits per heavy atom. The number of carboxylic acids is 1. The Kier molecular flexibility index (Phi) is 3.64. The molecule has 5 heteroatoms. The lowest BCUT2D eigenvalue weighted by molar-refractivity contribution is -0.0299. The summed E-state index contributed by atoms with van der Waals surface area (Å²) in [5.41, 5.74) is -0.374. The van der Waals surface area contributed by atoms with Gasteiger partial charge in [-0.3, -0.25) is 0 Å². The molecule has 5 nitrogen and oxygen atoms in total. The normalized spacial score (nSPS) is 11.2. The Morgan fingerprint density at radius 2 is 1.88 bits per heavy atom. The Balaban J connectivity index is 3.00. The second-order valence-corrected chi connectivity index (χ2v) is 2.78. The van der Waals surface area contributed by atoms with Gasteiger partial charge in [-0.15, -0.1) is 6.42 Å². The maximum absolute atomic E-state index is 11.4. The molecule has 0 aliphatic carbocycles. The number of aliphatic hydroxyl groups excluding tert-OH is 1. The van der Waals surface area contributed by atoms with Crippen LogP contribution in [0.1, 0.15) is 20.7 Å². The highest BCUT2D eigenvalue weighted by atomic mass is 16.6. The van der Waals surface area contributed by atoms with Crippen LogP contribution in [0.3, 0.4) is 0 Å². The second-order valence-electron chi connectivity index (χ2n) is 2.78. The number of rotatable bonds is 3. The summed E-state index contributed by atoms with van der Waals surface area (Å²) in [5, 5.41) is 17.7. The maximum atomic E-state index is 11.4. The predicted octanol–water partition coefficient (Wildman–Crippen LogP) is 0.493. The summed E-state index contributed by atoms with van der Waals surface area (Å²) in [6, 6.07) is 5.47. The third-order valence-electron chi connectivity index (χ3n) is 1.74. The van der Waals surface area contributed by atoms with Crippen molar-refractivity contribution in [2.45, 2.75) is 6.29 Å². The third kappa shape index (κ3) is 2.59. The minimum absolute atomic E-state index is 0.163. The van der Waals surface area contributed by atoms with Gasteiger partial charge in [0.05, 0.1) is 11.1 Å². The van der Waals surface area contributed by atoms with Crippen molar-refractivity contribution in [1.29, 1.82) is 0 Å². The molecule has 16 heavy (non-hydrogen) atoms. The van der Waals surface area contributed by atoms with E-state index in [0.717, 1.165) is 0 Å². The zero-order chi connectivity index (χ0) is 12.1. The fourth-order valence-electron chi connectivity index (χ4n) is 1.05. The van der Waals surface area contributed by atoms with E-state index in [9.17, 15) is 9.59 Å². The number of carboxylic acid groups (broad SMARTS) is 1. The van der Waals surface area contributed by atoms with E-state index in [-0.39, 0.29) is 11.1 Å². The van der Waals surface area contributed by atoms with Crippen molar-refractivity contribution in [3.63, 3.8) is 0 Å². The van der Waals surface area contributed by atoms with Crippen LogP contribution in [-0.4, -0.2) is 28.4 Å². The molecule has 0 bridgehead atoms. The molecule has 1 atom stereocenters. The first-order valence-electron chi connectivity index (χ1n) is 4.23. The molecule has 0 aromatic heterocycles. The molecular weight excluding hydrogens is 212 g/mol. The van der Waals surface area contributed by atoms with Gasteiger partial charge in [-0.05, 0) is 18.1 Å². The van der Waals surface area contributed by atoms with Crippen LogP contribution in [-0.2, 0) is 4.74 Å². The van der Waals surface area contributed by atoms with E-state index in [0.29, 0.717) is 0 Å². The number of terminal acetylenes is 1. The van der Waals surface area contributed by atoms with E-state index >= 15 is 0 Å². The zero-order valence-electron chi connectivity index (χ0n) is 8.08. The first kappa shape index (κ1) is 11.8. The van der Waals surface area contributed by atoms with Crippen LogP contribution >= 0.6 is 0 Å². The van der Waals surface area contributed by atoms with Gasteiger partial charge in [-0.2, -0.15) is 0 Å². The van der Waals surface area contributed by atoms with E-state index in [1.54, 1.807) is 5.92 Å². The van der Waals surface area contributed by atoms with Crippen molar-refractivity contribution in [2.24, 2.45) is 0 Å². The standard InChI is InChI=1S/C11H8O5/c1-2-9(12)16-11(15)8-6-4-3-5-7(8)10(13)14/h1,3-6,9,12H,(H,13,14)/t9-/m0/s1. The number of carbonyl (C=O) groups excluding carboxylic acids is 1.